The molecule has 0 atom stereocenters. The molecule has 38 heavy (non-hydrogen) atoms. The summed E-state index contributed by atoms with van der Waals surface area (Å²) in [5.74, 6) is 7.68. The van der Waals surface area contributed by atoms with Gasteiger partial charge in [-0.2, -0.15) is 0 Å². The van der Waals surface area contributed by atoms with Crippen LogP contribution in [0.2, 0.25) is 5.02 Å². The zero-order valence-electron chi connectivity index (χ0n) is 22.2. The van der Waals surface area contributed by atoms with Crippen LogP contribution in [0.5, 0.6) is 11.5 Å². The maximum Gasteiger partial charge on any atom is 0.227 e. The number of nitrogens with one attached hydrogen (secondary N) is 1. The van der Waals surface area contributed by atoms with E-state index in [2.05, 4.69) is 49.9 Å². The lowest BCUT2D eigenvalue weighted by atomic mass is 10.0. The third-order valence-corrected chi connectivity index (χ3v) is 6.88. The van der Waals surface area contributed by atoms with Gasteiger partial charge in [0.2, 0.25) is 5.95 Å². The van der Waals surface area contributed by atoms with E-state index in [9.17, 15) is 4.79 Å². The fourth-order valence-electron chi connectivity index (χ4n) is 4.25. The predicted molar refractivity (Wildman–Crippen MR) is 151 cm³/mol. The number of aromatic nitrogens is 2. The number of carbonyl (C=O) groups excluding carboxylic acids is 1. The maximum absolute atomic E-state index is 12.2. The Bertz CT molecular complexity index is 1340. The van der Waals surface area contributed by atoms with Crippen molar-refractivity contribution in [3.8, 4) is 23.3 Å². The fraction of sp³-hybridized carbons (Fsp3) is 0.345. The molecule has 4 rings (SSSR count). The van der Waals surface area contributed by atoms with E-state index in [1.54, 1.807) is 38.6 Å². The van der Waals surface area contributed by atoms with Crippen molar-refractivity contribution in [2.75, 3.05) is 57.2 Å². The number of methoxy groups -OCH3 is 2. The number of nitrogens with zero attached hydrogens (tertiary/aromatic N) is 4. The van der Waals surface area contributed by atoms with Crippen LogP contribution in [0.15, 0.2) is 42.7 Å². The number of halogens is 1. The lowest BCUT2D eigenvalue weighted by molar-refractivity contribution is 0.0988. The maximum atomic E-state index is 12.2. The number of ether oxygens (including phenoxy) is 2. The molecule has 0 spiro atoms. The molecule has 1 fully saturated rings. The minimum absolute atomic E-state index is 0.00879. The number of anilines is 3. The van der Waals surface area contributed by atoms with Crippen LogP contribution < -0.4 is 19.7 Å². The van der Waals surface area contributed by atoms with Gasteiger partial charge in [0.1, 0.15) is 11.5 Å². The van der Waals surface area contributed by atoms with Crippen molar-refractivity contribution >= 4 is 34.7 Å². The summed E-state index contributed by atoms with van der Waals surface area (Å²) in [6, 6.07) is 9.34. The van der Waals surface area contributed by atoms with Crippen LogP contribution in [0.4, 0.5) is 17.3 Å². The number of piperazine rings is 1. The van der Waals surface area contributed by atoms with Gasteiger partial charge in [-0.15, -0.1) is 0 Å². The summed E-state index contributed by atoms with van der Waals surface area (Å²) >= 11 is 6.41. The van der Waals surface area contributed by atoms with Gasteiger partial charge in [0, 0.05) is 67.9 Å². The largest absolute Gasteiger partial charge is 0.495 e. The molecule has 0 amide bonds. The van der Waals surface area contributed by atoms with Gasteiger partial charge in [-0.05, 0) is 30.8 Å². The highest BCUT2D eigenvalue weighted by Gasteiger charge is 2.19. The third-order valence-electron chi connectivity index (χ3n) is 6.49. The molecular formula is C29H32ClN5O3. The van der Waals surface area contributed by atoms with Crippen molar-refractivity contribution in [1.82, 2.24) is 14.9 Å². The molecule has 1 aliphatic heterocycles. The first kappa shape index (κ1) is 27.2. The molecule has 0 radical (unpaired) electrons. The third kappa shape index (κ3) is 6.36. The predicted octanol–water partition coefficient (Wildman–Crippen LogP) is 5.03. The van der Waals surface area contributed by atoms with E-state index in [1.807, 2.05) is 12.1 Å². The molecule has 0 saturated carbocycles. The number of rotatable bonds is 8. The Kier molecular flexibility index (Phi) is 9.06. The standard InChI is InChI=1S/C29H32ClN5O3/c1-5-25(36)22-15-21(28(30)27(16-22)38-4)8-7-20-18-31-29(32-19-20)33-23-9-10-24(26(17-23)37-3)35-13-11-34(6-2)12-14-35/h9-10,15-19H,5-6,11-14H2,1-4H3,(H,31,32,33). The van der Waals surface area contributed by atoms with Crippen molar-refractivity contribution in [3.05, 3.63) is 64.4 Å². The molecule has 0 bridgehead atoms. The van der Waals surface area contributed by atoms with Crippen LogP contribution in [0.25, 0.3) is 0 Å². The Balaban J connectivity index is 1.47. The summed E-state index contributed by atoms with van der Waals surface area (Å²) in [6.45, 7) is 9.12. The van der Waals surface area contributed by atoms with Gasteiger partial charge in [-0.1, -0.05) is 37.3 Å². The number of likely N-dealkylation sites (N-methyl/N-ethyl adjacent to an activating group) is 1. The van der Waals surface area contributed by atoms with Crippen LogP contribution in [-0.2, 0) is 0 Å². The van der Waals surface area contributed by atoms with Crippen molar-refractivity contribution in [3.63, 3.8) is 0 Å². The molecule has 1 aromatic heterocycles. The fourth-order valence-corrected chi connectivity index (χ4v) is 4.48. The summed E-state index contributed by atoms with van der Waals surface area (Å²) in [6.07, 6.45) is 3.64. The van der Waals surface area contributed by atoms with E-state index in [-0.39, 0.29) is 5.78 Å². The summed E-state index contributed by atoms with van der Waals surface area (Å²) in [7, 11) is 3.19. The van der Waals surface area contributed by atoms with Gasteiger partial charge in [-0.25, -0.2) is 9.97 Å². The van der Waals surface area contributed by atoms with Gasteiger partial charge < -0.3 is 24.6 Å². The molecule has 2 heterocycles. The average molecular weight is 534 g/mol. The number of ketones is 1. The van der Waals surface area contributed by atoms with Crippen LogP contribution in [0, 0.1) is 11.8 Å². The first-order valence-corrected chi connectivity index (χ1v) is 13.0. The highest BCUT2D eigenvalue weighted by atomic mass is 35.5. The topological polar surface area (TPSA) is 79.8 Å². The quantitative estimate of drug-likeness (QED) is 0.319. The lowest BCUT2D eigenvalue weighted by Crippen LogP contribution is -2.46. The van der Waals surface area contributed by atoms with Gasteiger partial charge in [0.15, 0.2) is 5.78 Å². The first-order chi connectivity index (χ1) is 18.4. The normalized spacial score (nSPS) is 13.4. The van der Waals surface area contributed by atoms with Crippen molar-refractivity contribution in [2.45, 2.75) is 20.3 Å². The van der Waals surface area contributed by atoms with Gasteiger partial charge in [-0.3, -0.25) is 4.79 Å². The average Bonchev–Trinajstić information content (AvgIpc) is 2.97. The molecule has 3 aromatic rings. The number of hydrogen-bond acceptors (Lipinski definition) is 8. The van der Waals surface area contributed by atoms with E-state index < -0.39 is 0 Å². The Morgan fingerprint density at radius 3 is 2.34 bits per heavy atom. The molecule has 1 saturated heterocycles. The zero-order valence-corrected chi connectivity index (χ0v) is 22.9. The molecule has 8 nitrogen and oxygen atoms in total. The number of hydrogen-bond donors (Lipinski definition) is 1. The number of carbonyl (C=O) groups is 1. The Labute approximate surface area is 228 Å². The minimum atomic E-state index is -0.00879. The van der Waals surface area contributed by atoms with E-state index >= 15 is 0 Å². The van der Waals surface area contributed by atoms with E-state index in [4.69, 9.17) is 21.1 Å². The molecule has 198 valence electrons. The minimum Gasteiger partial charge on any atom is -0.495 e. The lowest BCUT2D eigenvalue weighted by Gasteiger charge is -2.36. The highest BCUT2D eigenvalue weighted by molar-refractivity contribution is 6.33. The highest BCUT2D eigenvalue weighted by Crippen LogP contribution is 2.33. The number of Topliss-reactive ketones (excluding diaryl/α,β-unsaturated/α-hetero) is 1. The monoisotopic (exact) mass is 533 g/mol. The van der Waals surface area contributed by atoms with Crippen LogP contribution in [0.3, 0.4) is 0 Å². The Hall–Kier alpha value is -3.80. The summed E-state index contributed by atoms with van der Waals surface area (Å²) in [5, 5.41) is 3.58. The van der Waals surface area contributed by atoms with E-state index in [1.165, 1.54) is 7.11 Å². The second-order valence-electron chi connectivity index (χ2n) is 8.80. The molecular weight excluding hydrogens is 502 g/mol. The Morgan fingerprint density at radius 2 is 1.71 bits per heavy atom. The van der Waals surface area contributed by atoms with Crippen molar-refractivity contribution < 1.29 is 14.3 Å². The summed E-state index contributed by atoms with van der Waals surface area (Å²) in [5.41, 5.74) is 3.54. The SMILES string of the molecule is CCC(=O)c1cc(C#Cc2cnc(Nc3ccc(N4CCN(CC)CC4)c(OC)c3)nc2)c(Cl)c(OC)c1. The zero-order chi connectivity index (χ0) is 27.1. The van der Waals surface area contributed by atoms with Crippen LogP contribution in [-0.4, -0.2) is 67.6 Å². The van der Waals surface area contributed by atoms with E-state index in [0.29, 0.717) is 39.8 Å². The molecule has 1 aliphatic rings. The molecule has 2 aromatic carbocycles. The van der Waals surface area contributed by atoms with Crippen molar-refractivity contribution in [2.24, 2.45) is 0 Å². The van der Waals surface area contributed by atoms with Gasteiger partial charge >= 0.3 is 0 Å². The Morgan fingerprint density at radius 1 is 1.00 bits per heavy atom. The van der Waals surface area contributed by atoms with Crippen molar-refractivity contribution in [1.29, 1.82) is 0 Å². The second kappa shape index (κ2) is 12.6. The van der Waals surface area contributed by atoms with Crippen LogP contribution in [0.1, 0.15) is 41.8 Å². The smallest absolute Gasteiger partial charge is 0.227 e. The van der Waals surface area contributed by atoms with Crippen LogP contribution >= 0.6 is 11.6 Å². The number of benzene rings is 2. The molecule has 9 heteroatoms. The second-order valence-corrected chi connectivity index (χ2v) is 9.17. The summed E-state index contributed by atoms with van der Waals surface area (Å²) in [4.78, 5) is 25.8. The molecule has 1 N–H and O–H groups in total. The van der Waals surface area contributed by atoms with E-state index in [0.717, 1.165) is 49.8 Å². The van der Waals surface area contributed by atoms with Gasteiger partial charge in [0.25, 0.3) is 0 Å². The summed E-state index contributed by atoms with van der Waals surface area (Å²) < 4.78 is 11.0. The van der Waals surface area contributed by atoms with Gasteiger partial charge in [0.05, 0.1) is 30.5 Å². The molecule has 0 unspecified atom stereocenters. The first-order valence-electron chi connectivity index (χ1n) is 12.6. The molecule has 0 aliphatic carbocycles.